The lowest BCUT2D eigenvalue weighted by atomic mass is 10.1. The van der Waals surface area contributed by atoms with Crippen molar-refractivity contribution in [1.82, 2.24) is 0 Å². The topological polar surface area (TPSA) is 0 Å². The molecular formula is C16H21. The minimum atomic E-state index is 1.09. The van der Waals surface area contributed by atoms with Crippen LogP contribution in [0.4, 0.5) is 0 Å². The Balaban J connectivity index is 2.40. The molecule has 85 valence electrons. The Morgan fingerprint density at radius 1 is 0.625 bits per heavy atom. The van der Waals surface area contributed by atoms with Crippen LogP contribution in [0.1, 0.15) is 38.5 Å². The quantitative estimate of drug-likeness (QED) is 0.535. The zero-order valence-corrected chi connectivity index (χ0v) is 9.94. The van der Waals surface area contributed by atoms with Gasteiger partial charge in [-0.25, -0.2) is 0 Å². The zero-order valence-electron chi connectivity index (χ0n) is 9.94. The maximum Gasteiger partial charge on any atom is -0.0276 e. The van der Waals surface area contributed by atoms with Crippen molar-refractivity contribution < 1.29 is 0 Å². The second-order valence-corrected chi connectivity index (χ2v) is 3.91. The third kappa shape index (κ3) is 8.05. The van der Waals surface area contributed by atoms with E-state index in [2.05, 4.69) is 30.4 Å². The van der Waals surface area contributed by atoms with E-state index < -0.39 is 0 Å². The summed E-state index contributed by atoms with van der Waals surface area (Å²) in [5, 5.41) is 0. The Labute approximate surface area is 99.8 Å². The monoisotopic (exact) mass is 213 g/mol. The Bertz CT molecular complexity index is 257. The van der Waals surface area contributed by atoms with Gasteiger partial charge in [0.05, 0.1) is 0 Å². The van der Waals surface area contributed by atoms with E-state index in [0.29, 0.717) is 0 Å². The van der Waals surface area contributed by atoms with Crippen LogP contribution in [-0.2, 0) is 0 Å². The third-order valence-corrected chi connectivity index (χ3v) is 2.46. The molecule has 0 N–H and O–H groups in total. The number of rotatable bonds is 0. The van der Waals surface area contributed by atoms with Crippen LogP contribution in [0.5, 0.6) is 0 Å². The van der Waals surface area contributed by atoms with Crippen LogP contribution in [0.2, 0.25) is 0 Å². The SMILES string of the molecule is [C]1=C/C=C/C=C/C=C\C=C\CCCCCC\1. The fourth-order valence-electron chi connectivity index (χ4n) is 1.55. The number of allylic oxidation sites excluding steroid dienone is 10. The summed E-state index contributed by atoms with van der Waals surface area (Å²) >= 11 is 0. The van der Waals surface area contributed by atoms with Crippen molar-refractivity contribution in [3.8, 4) is 0 Å². The highest BCUT2D eigenvalue weighted by Gasteiger charge is 1.87. The lowest BCUT2D eigenvalue weighted by Crippen LogP contribution is -1.76. The number of hydrogen-bond donors (Lipinski definition) is 0. The van der Waals surface area contributed by atoms with Gasteiger partial charge in [-0.15, -0.1) is 0 Å². The molecule has 1 radical (unpaired) electrons. The molecule has 0 aliphatic heterocycles. The fourth-order valence-corrected chi connectivity index (χ4v) is 1.55. The first-order chi connectivity index (χ1) is 8.00. The highest BCUT2D eigenvalue weighted by atomic mass is 13.9. The second kappa shape index (κ2) is 10.2. The van der Waals surface area contributed by atoms with E-state index in [9.17, 15) is 0 Å². The summed E-state index contributed by atoms with van der Waals surface area (Å²) in [4.78, 5) is 0. The Hall–Kier alpha value is -1.30. The summed E-state index contributed by atoms with van der Waals surface area (Å²) in [6.45, 7) is 0. The molecule has 0 fully saturated rings. The third-order valence-electron chi connectivity index (χ3n) is 2.46. The van der Waals surface area contributed by atoms with Gasteiger partial charge in [0.25, 0.3) is 0 Å². The number of hydrogen-bond acceptors (Lipinski definition) is 0. The normalized spacial score (nSPS) is 29.0. The van der Waals surface area contributed by atoms with E-state index in [1.807, 2.05) is 30.4 Å². The van der Waals surface area contributed by atoms with Gasteiger partial charge in [0.1, 0.15) is 0 Å². The average molecular weight is 213 g/mol. The van der Waals surface area contributed by atoms with Gasteiger partial charge in [-0.2, -0.15) is 0 Å². The van der Waals surface area contributed by atoms with Crippen LogP contribution in [0.15, 0.2) is 54.7 Å². The van der Waals surface area contributed by atoms with Gasteiger partial charge in [-0.3, -0.25) is 0 Å². The molecule has 0 aromatic carbocycles. The van der Waals surface area contributed by atoms with Gasteiger partial charge >= 0.3 is 0 Å². The van der Waals surface area contributed by atoms with Crippen molar-refractivity contribution in [3.63, 3.8) is 0 Å². The van der Waals surface area contributed by atoms with Gasteiger partial charge < -0.3 is 0 Å². The maximum atomic E-state index is 3.29. The Morgan fingerprint density at radius 2 is 1.31 bits per heavy atom. The van der Waals surface area contributed by atoms with Crippen LogP contribution >= 0.6 is 0 Å². The molecule has 0 unspecified atom stereocenters. The summed E-state index contributed by atoms with van der Waals surface area (Å²) in [6.07, 6.45) is 29.5. The van der Waals surface area contributed by atoms with Crippen molar-refractivity contribution in [1.29, 1.82) is 0 Å². The van der Waals surface area contributed by atoms with E-state index in [0.717, 1.165) is 6.42 Å². The van der Waals surface area contributed by atoms with Crippen molar-refractivity contribution >= 4 is 0 Å². The molecule has 0 heterocycles. The van der Waals surface area contributed by atoms with E-state index in [4.69, 9.17) is 0 Å². The van der Waals surface area contributed by atoms with Crippen LogP contribution in [0, 0.1) is 6.08 Å². The van der Waals surface area contributed by atoms with Crippen molar-refractivity contribution in [2.24, 2.45) is 0 Å². The standard InChI is InChI=1S/C16H21/c1-2-4-6-8-10-12-14-16-15-13-11-9-7-5-3-1/h1-9H,10,12-16H2/b3-1+,4-2-,7-5+,8-6+,11-9?. The van der Waals surface area contributed by atoms with Crippen molar-refractivity contribution in [3.05, 3.63) is 60.8 Å². The van der Waals surface area contributed by atoms with E-state index in [1.165, 1.54) is 32.1 Å². The molecule has 0 nitrogen and oxygen atoms in total. The summed E-state index contributed by atoms with van der Waals surface area (Å²) in [5.41, 5.74) is 0. The predicted octanol–water partition coefficient (Wildman–Crippen LogP) is 4.92. The van der Waals surface area contributed by atoms with Crippen molar-refractivity contribution in [2.45, 2.75) is 38.5 Å². The predicted molar refractivity (Wildman–Crippen MR) is 72.1 cm³/mol. The second-order valence-electron chi connectivity index (χ2n) is 3.91. The Morgan fingerprint density at radius 3 is 2.19 bits per heavy atom. The molecule has 16 heavy (non-hydrogen) atoms. The first-order valence-electron chi connectivity index (χ1n) is 6.22. The fraction of sp³-hybridized carbons (Fsp3) is 0.375. The smallest absolute Gasteiger partial charge is 0.0276 e. The van der Waals surface area contributed by atoms with Crippen LogP contribution < -0.4 is 0 Å². The van der Waals surface area contributed by atoms with Gasteiger partial charge in [-0.05, 0) is 31.8 Å². The molecule has 0 amide bonds. The summed E-state index contributed by atoms with van der Waals surface area (Å²) in [6, 6.07) is 0. The van der Waals surface area contributed by atoms with Crippen LogP contribution in [-0.4, -0.2) is 0 Å². The minimum absolute atomic E-state index is 1.09. The molecule has 0 aromatic rings. The molecule has 0 bridgehead atoms. The lowest BCUT2D eigenvalue weighted by molar-refractivity contribution is 0.649. The van der Waals surface area contributed by atoms with E-state index in [1.54, 1.807) is 0 Å². The largest absolute Gasteiger partial charge is 0.0845 e. The van der Waals surface area contributed by atoms with Gasteiger partial charge in [0.15, 0.2) is 0 Å². The van der Waals surface area contributed by atoms with E-state index in [-0.39, 0.29) is 0 Å². The first kappa shape index (κ1) is 12.8. The molecule has 0 spiro atoms. The molecule has 1 rings (SSSR count). The van der Waals surface area contributed by atoms with Crippen molar-refractivity contribution in [2.75, 3.05) is 0 Å². The summed E-state index contributed by atoms with van der Waals surface area (Å²) < 4.78 is 0. The molecule has 1 aliphatic carbocycles. The molecular weight excluding hydrogens is 192 g/mol. The average Bonchev–Trinajstić information content (AvgIpc) is 2.29. The highest BCUT2D eigenvalue weighted by molar-refractivity contribution is 5.17. The molecule has 1 aliphatic rings. The minimum Gasteiger partial charge on any atom is -0.0845 e. The van der Waals surface area contributed by atoms with Crippen LogP contribution in [0.25, 0.3) is 0 Å². The van der Waals surface area contributed by atoms with Gasteiger partial charge in [0, 0.05) is 0 Å². The molecule has 0 aromatic heterocycles. The lowest BCUT2D eigenvalue weighted by Gasteiger charge is -1.96. The summed E-state index contributed by atoms with van der Waals surface area (Å²) in [7, 11) is 0. The highest BCUT2D eigenvalue weighted by Crippen LogP contribution is 2.06. The summed E-state index contributed by atoms with van der Waals surface area (Å²) in [5.74, 6) is 0. The maximum absolute atomic E-state index is 3.29. The molecule has 0 atom stereocenters. The zero-order chi connectivity index (χ0) is 11.3. The van der Waals surface area contributed by atoms with Gasteiger partial charge in [-0.1, -0.05) is 67.5 Å². The molecule has 0 saturated carbocycles. The van der Waals surface area contributed by atoms with Crippen LogP contribution in [0.3, 0.4) is 0 Å². The molecule has 0 heteroatoms. The first-order valence-corrected chi connectivity index (χ1v) is 6.22. The van der Waals surface area contributed by atoms with Gasteiger partial charge in [0.2, 0.25) is 0 Å². The van der Waals surface area contributed by atoms with E-state index >= 15 is 0 Å². The Kier molecular flexibility index (Phi) is 8.16. The molecule has 0 saturated heterocycles.